The fraction of sp³-hybridized carbons (Fsp3) is 0.125. The summed E-state index contributed by atoms with van der Waals surface area (Å²) in [4.78, 5) is 10.2. The summed E-state index contributed by atoms with van der Waals surface area (Å²) >= 11 is 0. The second-order valence-electron chi connectivity index (χ2n) is 2.66. The maximum Gasteiger partial charge on any atom is 0.337 e. The van der Waals surface area contributed by atoms with E-state index in [2.05, 4.69) is 0 Å². The van der Waals surface area contributed by atoms with Crippen LogP contribution in [0, 0.1) is 17.5 Å². The van der Waals surface area contributed by atoms with E-state index < -0.39 is 40.8 Å². The zero-order chi connectivity index (χ0) is 11.7. The average molecular weight is 222 g/mol. The number of hydrogen-bond acceptors (Lipinski definition) is 3. The zero-order valence-corrected chi connectivity index (χ0v) is 7.04. The van der Waals surface area contributed by atoms with Crippen molar-refractivity contribution in [2.45, 2.75) is 6.10 Å². The highest BCUT2D eigenvalue weighted by molar-refractivity contribution is 5.74. The summed E-state index contributed by atoms with van der Waals surface area (Å²) < 4.78 is 38.5. The molecule has 82 valence electrons. The third kappa shape index (κ3) is 1.86. The minimum Gasteiger partial charge on any atom is -0.505 e. The second-order valence-corrected chi connectivity index (χ2v) is 2.66. The largest absolute Gasteiger partial charge is 0.505 e. The van der Waals surface area contributed by atoms with Crippen LogP contribution < -0.4 is 0 Å². The molecular formula is C8H5F3O4. The molecule has 0 aliphatic carbocycles. The number of aliphatic carboxylic acids is 1. The molecule has 0 radical (unpaired) electrons. The van der Waals surface area contributed by atoms with Crippen LogP contribution in [0.25, 0.3) is 0 Å². The third-order valence-corrected chi connectivity index (χ3v) is 1.68. The molecule has 0 fully saturated rings. The molecule has 0 amide bonds. The van der Waals surface area contributed by atoms with Crippen molar-refractivity contribution in [1.29, 1.82) is 0 Å². The lowest BCUT2D eigenvalue weighted by Gasteiger charge is -2.09. The average Bonchev–Trinajstić information content (AvgIpc) is 2.15. The van der Waals surface area contributed by atoms with Crippen LogP contribution in [0.3, 0.4) is 0 Å². The number of aliphatic hydroxyl groups excluding tert-OH is 1. The van der Waals surface area contributed by atoms with Gasteiger partial charge in [-0.2, -0.15) is 0 Å². The Morgan fingerprint density at radius 2 is 1.80 bits per heavy atom. The molecule has 0 aliphatic heterocycles. The van der Waals surface area contributed by atoms with Gasteiger partial charge in [0, 0.05) is 6.07 Å². The molecule has 0 aliphatic rings. The third-order valence-electron chi connectivity index (χ3n) is 1.68. The van der Waals surface area contributed by atoms with Gasteiger partial charge in [-0.1, -0.05) is 0 Å². The van der Waals surface area contributed by atoms with E-state index in [1.165, 1.54) is 0 Å². The van der Waals surface area contributed by atoms with Gasteiger partial charge in [-0.25, -0.2) is 18.0 Å². The predicted molar refractivity (Wildman–Crippen MR) is 40.6 cm³/mol. The number of phenols is 1. The summed E-state index contributed by atoms with van der Waals surface area (Å²) in [5, 5.41) is 25.9. The maximum atomic E-state index is 13.0. The molecule has 0 aromatic heterocycles. The van der Waals surface area contributed by atoms with Crippen molar-refractivity contribution in [2.24, 2.45) is 0 Å². The van der Waals surface area contributed by atoms with Crippen LogP contribution in [-0.2, 0) is 4.79 Å². The SMILES string of the molecule is O=C(O)C(O)c1c(F)c(O)cc(F)c1F. The molecule has 0 saturated carbocycles. The minimum absolute atomic E-state index is 0.142. The Labute approximate surface area is 81.2 Å². The first kappa shape index (κ1) is 11.3. The molecule has 1 rings (SSSR count). The van der Waals surface area contributed by atoms with Crippen LogP contribution >= 0.6 is 0 Å². The van der Waals surface area contributed by atoms with Gasteiger partial charge in [-0.15, -0.1) is 0 Å². The molecule has 4 nitrogen and oxygen atoms in total. The number of phenolic OH excluding ortho intramolecular Hbond substituents is 1. The molecule has 15 heavy (non-hydrogen) atoms. The molecule has 0 saturated heterocycles. The molecular weight excluding hydrogens is 217 g/mol. The molecule has 1 unspecified atom stereocenters. The lowest BCUT2D eigenvalue weighted by atomic mass is 10.1. The van der Waals surface area contributed by atoms with Gasteiger partial charge in [0.1, 0.15) is 0 Å². The molecule has 1 aromatic carbocycles. The summed E-state index contributed by atoms with van der Waals surface area (Å²) in [6, 6.07) is 0.142. The van der Waals surface area contributed by atoms with Crippen molar-refractivity contribution in [3.8, 4) is 5.75 Å². The van der Waals surface area contributed by atoms with Crippen molar-refractivity contribution < 1.29 is 33.3 Å². The van der Waals surface area contributed by atoms with Crippen molar-refractivity contribution in [3.63, 3.8) is 0 Å². The van der Waals surface area contributed by atoms with Crippen molar-refractivity contribution in [2.75, 3.05) is 0 Å². The van der Waals surface area contributed by atoms with E-state index in [4.69, 9.17) is 15.3 Å². The van der Waals surface area contributed by atoms with Gasteiger partial charge in [0.15, 0.2) is 29.3 Å². The Kier molecular flexibility index (Phi) is 2.85. The summed E-state index contributed by atoms with van der Waals surface area (Å²) in [7, 11) is 0. The van der Waals surface area contributed by atoms with Gasteiger partial charge in [-0.05, 0) is 0 Å². The second kappa shape index (κ2) is 3.77. The summed E-state index contributed by atoms with van der Waals surface area (Å²) in [5.41, 5.74) is -1.43. The smallest absolute Gasteiger partial charge is 0.337 e. The Morgan fingerprint density at radius 1 is 1.27 bits per heavy atom. The molecule has 0 spiro atoms. The number of carboxylic acids is 1. The fourth-order valence-corrected chi connectivity index (χ4v) is 0.973. The highest BCUT2D eigenvalue weighted by Crippen LogP contribution is 2.29. The lowest BCUT2D eigenvalue weighted by molar-refractivity contribution is -0.147. The number of benzene rings is 1. The molecule has 7 heteroatoms. The van der Waals surface area contributed by atoms with Gasteiger partial charge < -0.3 is 15.3 Å². The van der Waals surface area contributed by atoms with Crippen LogP contribution in [-0.4, -0.2) is 21.3 Å². The molecule has 1 aromatic rings. The van der Waals surface area contributed by atoms with E-state index in [1.54, 1.807) is 0 Å². The summed E-state index contributed by atoms with van der Waals surface area (Å²) in [5.74, 6) is -8.44. The highest BCUT2D eigenvalue weighted by atomic mass is 19.2. The fourth-order valence-electron chi connectivity index (χ4n) is 0.973. The Hall–Kier alpha value is -1.76. The van der Waals surface area contributed by atoms with E-state index >= 15 is 0 Å². The predicted octanol–water partition coefficient (Wildman–Crippen LogP) is 0.927. The lowest BCUT2D eigenvalue weighted by Crippen LogP contribution is -2.15. The number of carboxylic acid groups (broad SMARTS) is 1. The molecule has 0 bridgehead atoms. The van der Waals surface area contributed by atoms with E-state index in [0.717, 1.165) is 0 Å². The summed E-state index contributed by atoms with van der Waals surface area (Å²) in [6.07, 6.45) is -2.58. The number of carbonyl (C=O) groups is 1. The van der Waals surface area contributed by atoms with Crippen LogP contribution in [0.1, 0.15) is 11.7 Å². The Balaban J connectivity index is 3.45. The van der Waals surface area contributed by atoms with Crippen molar-refractivity contribution in [3.05, 3.63) is 29.1 Å². The van der Waals surface area contributed by atoms with Crippen molar-refractivity contribution >= 4 is 5.97 Å². The van der Waals surface area contributed by atoms with E-state index in [9.17, 15) is 18.0 Å². The van der Waals surface area contributed by atoms with E-state index in [0.29, 0.717) is 0 Å². The first-order valence-corrected chi connectivity index (χ1v) is 3.63. The monoisotopic (exact) mass is 222 g/mol. The van der Waals surface area contributed by atoms with Gasteiger partial charge in [0.05, 0.1) is 5.56 Å². The number of rotatable bonds is 2. The van der Waals surface area contributed by atoms with Crippen LogP contribution in [0.15, 0.2) is 6.07 Å². The first-order chi connectivity index (χ1) is 6.86. The van der Waals surface area contributed by atoms with Gasteiger partial charge in [0.2, 0.25) is 0 Å². The summed E-state index contributed by atoms with van der Waals surface area (Å²) in [6.45, 7) is 0. The maximum absolute atomic E-state index is 13.0. The van der Waals surface area contributed by atoms with Gasteiger partial charge in [-0.3, -0.25) is 0 Å². The quantitative estimate of drug-likeness (QED) is 0.650. The Bertz CT molecular complexity index is 393. The number of halogens is 3. The Morgan fingerprint density at radius 3 is 2.27 bits per heavy atom. The van der Waals surface area contributed by atoms with Crippen LogP contribution in [0.5, 0.6) is 5.75 Å². The van der Waals surface area contributed by atoms with Gasteiger partial charge in [0.25, 0.3) is 0 Å². The van der Waals surface area contributed by atoms with Crippen LogP contribution in [0.2, 0.25) is 0 Å². The normalized spacial score (nSPS) is 12.5. The topological polar surface area (TPSA) is 77.8 Å². The van der Waals surface area contributed by atoms with E-state index in [1.807, 2.05) is 0 Å². The number of hydrogen-bond donors (Lipinski definition) is 3. The number of aromatic hydroxyl groups is 1. The standard InChI is InChI=1S/C8H5F3O4/c9-2-1-3(12)6(11)4(5(2)10)7(13)8(14)15/h1,7,12-13H,(H,14,15). The molecule has 1 atom stereocenters. The minimum atomic E-state index is -2.58. The molecule has 0 heterocycles. The highest BCUT2D eigenvalue weighted by Gasteiger charge is 2.28. The van der Waals surface area contributed by atoms with Gasteiger partial charge >= 0.3 is 5.97 Å². The zero-order valence-electron chi connectivity index (χ0n) is 7.04. The van der Waals surface area contributed by atoms with Crippen molar-refractivity contribution in [1.82, 2.24) is 0 Å². The molecule has 3 N–H and O–H groups in total. The van der Waals surface area contributed by atoms with E-state index in [-0.39, 0.29) is 6.07 Å². The number of aliphatic hydroxyl groups is 1. The first-order valence-electron chi connectivity index (χ1n) is 3.63. The van der Waals surface area contributed by atoms with Crippen LogP contribution in [0.4, 0.5) is 13.2 Å².